The molecule has 0 aliphatic carbocycles. The summed E-state index contributed by atoms with van der Waals surface area (Å²) in [7, 11) is 0. The van der Waals surface area contributed by atoms with E-state index in [1.54, 1.807) is 0 Å². The Bertz CT molecular complexity index is 2940. The second kappa shape index (κ2) is 12.9. The number of nitrogens with zero attached hydrogens (tertiary/aromatic N) is 3. The van der Waals surface area contributed by atoms with Crippen LogP contribution in [0.15, 0.2) is 192 Å². The van der Waals surface area contributed by atoms with Crippen molar-refractivity contribution in [2.24, 2.45) is 0 Å². The van der Waals surface area contributed by atoms with Gasteiger partial charge in [0.2, 0.25) is 0 Å². The van der Waals surface area contributed by atoms with E-state index in [0.29, 0.717) is 17.5 Å². The molecule has 0 spiro atoms. The molecular formula is C49H31N3O. The van der Waals surface area contributed by atoms with Crippen molar-refractivity contribution in [3.05, 3.63) is 188 Å². The van der Waals surface area contributed by atoms with E-state index in [1.807, 2.05) is 48.5 Å². The zero-order valence-electron chi connectivity index (χ0n) is 28.6. The zero-order valence-corrected chi connectivity index (χ0v) is 28.6. The Balaban J connectivity index is 1.23. The number of rotatable bonds is 6. The second-order valence-corrected chi connectivity index (χ2v) is 13.2. The molecule has 0 N–H and O–H groups in total. The minimum Gasteiger partial charge on any atom is -0.455 e. The van der Waals surface area contributed by atoms with Crippen LogP contribution in [-0.4, -0.2) is 15.0 Å². The first-order valence-electron chi connectivity index (χ1n) is 17.8. The first kappa shape index (κ1) is 30.6. The molecule has 10 rings (SSSR count). The molecule has 0 aliphatic heterocycles. The van der Waals surface area contributed by atoms with Gasteiger partial charge in [0.15, 0.2) is 17.5 Å². The smallest absolute Gasteiger partial charge is 0.164 e. The summed E-state index contributed by atoms with van der Waals surface area (Å²) >= 11 is 0. The van der Waals surface area contributed by atoms with Gasteiger partial charge in [0.05, 0.1) is 0 Å². The van der Waals surface area contributed by atoms with Crippen LogP contribution < -0.4 is 0 Å². The average molecular weight is 678 g/mol. The molecule has 2 aromatic heterocycles. The summed E-state index contributed by atoms with van der Waals surface area (Å²) in [6.45, 7) is 0. The molecule has 0 unspecified atom stereocenters. The fourth-order valence-corrected chi connectivity index (χ4v) is 7.36. The highest BCUT2D eigenvalue weighted by Crippen LogP contribution is 2.43. The van der Waals surface area contributed by atoms with Gasteiger partial charge in [0.1, 0.15) is 11.2 Å². The third kappa shape index (κ3) is 5.54. The molecule has 0 bridgehead atoms. The maximum absolute atomic E-state index is 6.79. The number of aromatic nitrogens is 3. The molecule has 0 amide bonds. The molecule has 0 aliphatic rings. The summed E-state index contributed by atoms with van der Waals surface area (Å²) in [6, 6.07) is 65.1. The van der Waals surface area contributed by atoms with Crippen molar-refractivity contribution in [3.8, 4) is 67.5 Å². The molecule has 2 heterocycles. The molecule has 248 valence electrons. The second-order valence-electron chi connectivity index (χ2n) is 13.2. The summed E-state index contributed by atoms with van der Waals surface area (Å²) in [5.74, 6) is 1.80. The first-order valence-corrected chi connectivity index (χ1v) is 17.8. The van der Waals surface area contributed by atoms with Crippen LogP contribution in [0.2, 0.25) is 0 Å². The van der Waals surface area contributed by atoms with Crippen LogP contribution in [0.25, 0.3) is 100 Å². The molecule has 0 atom stereocenters. The predicted molar refractivity (Wildman–Crippen MR) is 217 cm³/mol. The van der Waals surface area contributed by atoms with E-state index in [-0.39, 0.29) is 0 Å². The van der Waals surface area contributed by atoms with Crippen LogP contribution in [0.3, 0.4) is 0 Å². The van der Waals surface area contributed by atoms with Gasteiger partial charge >= 0.3 is 0 Å². The highest BCUT2D eigenvalue weighted by Gasteiger charge is 2.22. The molecule has 0 fully saturated rings. The van der Waals surface area contributed by atoms with Gasteiger partial charge in [-0.15, -0.1) is 0 Å². The lowest BCUT2D eigenvalue weighted by molar-refractivity contribution is 0.670. The Hall–Kier alpha value is -7.17. The third-order valence-corrected chi connectivity index (χ3v) is 9.93. The van der Waals surface area contributed by atoms with Crippen LogP contribution in [0.5, 0.6) is 0 Å². The van der Waals surface area contributed by atoms with E-state index in [2.05, 4.69) is 140 Å². The fourth-order valence-electron chi connectivity index (χ4n) is 7.36. The molecular weight excluding hydrogens is 647 g/mol. The zero-order chi connectivity index (χ0) is 35.1. The number of furan rings is 1. The van der Waals surface area contributed by atoms with Crippen LogP contribution in [0.4, 0.5) is 0 Å². The highest BCUT2D eigenvalue weighted by molar-refractivity contribution is 6.18. The van der Waals surface area contributed by atoms with E-state index in [4.69, 9.17) is 19.4 Å². The van der Waals surface area contributed by atoms with Gasteiger partial charge in [0, 0.05) is 33.0 Å². The first-order chi connectivity index (χ1) is 26.3. The van der Waals surface area contributed by atoms with E-state index < -0.39 is 0 Å². The minimum atomic E-state index is 0.585. The summed E-state index contributed by atoms with van der Waals surface area (Å²) in [5, 5.41) is 4.27. The van der Waals surface area contributed by atoms with Gasteiger partial charge in [-0.2, -0.15) is 0 Å². The maximum atomic E-state index is 6.79. The van der Waals surface area contributed by atoms with Crippen LogP contribution in [-0.2, 0) is 0 Å². The van der Waals surface area contributed by atoms with E-state index in [0.717, 1.165) is 77.2 Å². The summed E-state index contributed by atoms with van der Waals surface area (Å²) in [5.41, 5.74) is 10.9. The molecule has 10 aromatic rings. The van der Waals surface area contributed by atoms with Crippen molar-refractivity contribution < 1.29 is 4.42 Å². The molecule has 4 nitrogen and oxygen atoms in total. The maximum Gasteiger partial charge on any atom is 0.164 e. The molecule has 4 heteroatoms. The van der Waals surface area contributed by atoms with Crippen LogP contribution in [0, 0.1) is 0 Å². The van der Waals surface area contributed by atoms with Gasteiger partial charge in [-0.05, 0) is 68.9 Å². The summed E-state index contributed by atoms with van der Waals surface area (Å²) < 4.78 is 6.79. The van der Waals surface area contributed by atoms with E-state index in [9.17, 15) is 0 Å². The Morgan fingerprint density at radius 2 is 0.849 bits per heavy atom. The molecule has 0 saturated carbocycles. The van der Waals surface area contributed by atoms with Gasteiger partial charge < -0.3 is 4.42 Å². The average Bonchev–Trinajstić information content (AvgIpc) is 3.61. The summed E-state index contributed by atoms with van der Waals surface area (Å²) in [4.78, 5) is 15.7. The van der Waals surface area contributed by atoms with Crippen molar-refractivity contribution in [1.29, 1.82) is 0 Å². The van der Waals surface area contributed by atoms with Crippen LogP contribution >= 0.6 is 0 Å². The SMILES string of the molecule is c1ccc(-c2cccc(-c3ccccc3-c3nc(-c4ccccc4)nc(-c4ccc(-c5ccccc5)c5oc6cc7ccccc7cc6c45)n3)c2)cc1. The number of hydrogen-bond acceptors (Lipinski definition) is 4. The lowest BCUT2D eigenvalue weighted by Gasteiger charge is -2.14. The fraction of sp³-hybridized carbons (Fsp3) is 0. The quantitative estimate of drug-likeness (QED) is 0.176. The van der Waals surface area contributed by atoms with E-state index >= 15 is 0 Å². The van der Waals surface area contributed by atoms with Crippen molar-refractivity contribution in [1.82, 2.24) is 15.0 Å². The highest BCUT2D eigenvalue weighted by atomic mass is 16.3. The Morgan fingerprint density at radius 1 is 0.321 bits per heavy atom. The Labute approximate surface area is 306 Å². The van der Waals surface area contributed by atoms with Gasteiger partial charge in [0.25, 0.3) is 0 Å². The van der Waals surface area contributed by atoms with Crippen molar-refractivity contribution in [2.45, 2.75) is 0 Å². The van der Waals surface area contributed by atoms with Gasteiger partial charge in [-0.1, -0.05) is 158 Å². The number of fused-ring (bicyclic) bond motifs is 4. The van der Waals surface area contributed by atoms with Crippen molar-refractivity contribution in [2.75, 3.05) is 0 Å². The Kier molecular flexibility index (Phi) is 7.43. The van der Waals surface area contributed by atoms with Gasteiger partial charge in [-0.3, -0.25) is 0 Å². The molecule has 0 saturated heterocycles. The summed E-state index contributed by atoms with van der Waals surface area (Å²) in [6.07, 6.45) is 0. The van der Waals surface area contributed by atoms with E-state index in [1.165, 1.54) is 5.56 Å². The monoisotopic (exact) mass is 677 g/mol. The van der Waals surface area contributed by atoms with Gasteiger partial charge in [-0.25, -0.2) is 15.0 Å². The number of benzene rings is 8. The molecule has 8 aromatic carbocycles. The topological polar surface area (TPSA) is 51.8 Å². The predicted octanol–water partition coefficient (Wildman–Crippen LogP) is 12.9. The normalized spacial score (nSPS) is 11.4. The van der Waals surface area contributed by atoms with Crippen molar-refractivity contribution in [3.63, 3.8) is 0 Å². The van der Waals surface area contributed by atoms with Crippen LogP contribution in [0.1, 0.15) is 0 Å². The number of hydrogen-bond donors (Lipinski definition) is 0. The Morgan fingerprint density at radius 3 is 1.58 bits per heavy atom. The lowest BCUT2D eigenvalue weighted by atomic mass is 9.95. The molecule has 0 radical (unpaired) electrons. The lowest BCUT2D eigenvalue weighted by Crippen LogP contribution is -2.01. The third-order valence-electron chi connectivity index (χ3n) is 9.93. The minimum absolute atomic E-state index is 0.585. The van der Waals surface area contributed by atoms with Crippen molar-refractivity contribution >= 4 is 32.7 Å². The largest absolute Gasteiger partial charge is 0.455 e. The molecule has 53 heavy (non-hydrogen) atoms. The standard InChI is InChI=1S/C49H31N3O/c1-4-15-32(16-5-1)35-23-14-24-38(29-35)39-25-12-13-26-41(39)48-50-47(34-19-8-3-9-20-34)51-49(52-48)42-28-27-40(33-17-6-2-7-18-33)46-45(42)43-30-36-21-10-11-22-37(36)31-44(43)53-46/h1-31H.